The number of H-pyrrole nitrogens is 1. The molecule has 0 radical (unpaired) electrons. The number of nitriles is 1. The molecule has 0 saturated carbocycles. The van der Waals surface area contributed by atoms with Gasteiger partial charge in [-0.3, -0.25) is 14.3 Å². The van der Waals surface area contributed by atoms with Gasteiger partial charge in [0.25, 0.3) is 5.56 Å². The molecular weight excluding hydrogens is 380 g/mol. The highest BCUT2D eigenvalue weighted by Gasteiger charge is 2.21. The van der Waals surface area contributed by atoms with Gasteiger partial charge in [-0.05, 0) is 56.4 Å². The molecule has 1 aromatic heterocycles. The second kappa shape index (κ2) is 8.12. The first-order chi connectivity index (χ1) is 13.3. The number of hydrogen-bond donors (Lipinski definition) is 1. The van der Waals surface area contributed by atoms with E-state index in [0.717, 1.165) is 18.5 Å². The molecule has 1 aromatic carbocycles. The van der Waals surface area contributed by atoms with Crippen molar-refractivity contribution in [3.05, 3.63) is 61.9 Å². The van der Waals surface area contributed by atoms with Crippen molar-refractivity contribution in [3.8, 4) is 6.07 Å². The summed E-state index contributed by atoms with van der Waals surface area (Å²) in [5.41, 5.74) is 1.09. The van der Waals surface area contributed by atoms with Gasteiger partial charge in [0.15, 0.2) is 0 Å². The van der Waals surface area contributed by atoms with Gasteiger partial charge in [-0.1, -0.05) is 0 Å². The zero-order chi connectivity index (χ0) is 20.3. The first kappa shape index (κ1) is 20.0. The summed E-state index contributed by atoms with van der Waals surface area (Å²) in [6.07, 6.45) is 3.65. The molecule has 0 saturated heterocycles. The highest BCUT2D eigenvalue weighted by molar-refractivity contribution is 7.89. The topological polar surface area (TPSA) is 116 Å². The first-order valence-electron chi connectivity index (χ1n) is 9.16. The standard InChI is InChI=1S/C19H22N4O4S/c1-22(28(26,27)15-9-7-14(13-20)8-10-15)11-4-12-23-17-6-3-2-5-16(17)18(24)21-19(23)25/h7-10H,2-6,11-12H2,1H3,(H,21,24,25). The molecule has 1 N–H and O–H groups in total. The second-order valence-corrected chi connectivity index (χ2v) is 8.90. The number of aromatic amines is 1. The van der Waals surface area contributed by atoms with E-state index in [4.69, 9.17) is 5.26 Å². The maximum Gasteiger partial charge on any atom is 0.328 e. The highest BCUT2D eigenvalue weighted by Crippen LogP contribution is 2.18. The number of nitrogens with one attached hydrogen (secondary N) is 1. The third-order valence-electron chi connectivity index (χ3n) is 5.05. The molecule has 1 aliphatic carbocycles. The number of aromatic nitrogens is 2. The summed E-state index contributed by atoms with van der Waals surface area (Å²) in [5, 5.41) is 8.83. The Labute approximate surface area is 163 Å². The Bertz CT molecular complexity index is 1120. The van der Waals surface area contributed by atoms with Gasteiger partial charge in [0.2, 0.25) is 10.0 Å². The fourth-order valence-corrected chi connectivity index (χ4v) is 4.69. The number of nitrogens with zero attached hydrogens (tertiary/aromatic N) is 3. The molecule has 8 nitrogen and oxygen atoms in total. The van der Waals surface area contributed by atoms with Crippen LogP contribution < -0.4 is 11.2 Å². The monoisotopic (exact) mass is 402 g/mol. The molecule has 0 atom stereocenters. The van der Waals surface area contributed by atoms with Crippen LogP contribution in [0.4, 0.5) is 0 Å². The van der Waals surface area contributed by atoms with Crippen molar-refractivity contribution in [1.82, 2.24) is 13.9 Å². The van der Waals surface area contributed by atoms with Gasteiger partial charge < -0.3 is 0 Å². The zero-order valence-electron chi connectivity index (χ0n) is 15.6. The lowest BCUT2D eigenvalue weighted by Gasteiger charge is -2.21. The van der Waals surface area contributed by atoms with Crippen molar-refractivity contribution < 1.29 is 8.42 Å². The van der Waals surface area contributed by atoms with Crippen LogP contribution in [0.2, 0.25) is 0 Å². The molecule has 1 aliphatic rings. The fourth-order valence-electron chi connectivity index (χ4n) is 3.48. The quantitative estimate of drug-likeness (QED) is 0.774. The Balaban J connectivity index is 1.72. The molecular formula is C19H22N4O4S. The lowest BCUT2D eigenvalue weighted by atomic mass is 9.97. The SMILES string of the molecule is CN(CCCn1c2c(c(=O)[nH]c1=O)CCCC2)S(=O)(=O)c1ccc(C#N)cc1. The van der Waals surface area contributed by atoms with Crippen LogP contribution in [0.15, 0.2) is 38.8 Å². The second-order valence-electron chi connectivity index (χ2n) is 6.86. The molecule has 3 rings (SSSR count). The first-order valence-corrected chi connectivity index (χ1v) is 10.6. The molecule has 0 amide bonds. The Morgan fingerprint density at radius 1 is 1.18 bits per heavy atom. The number of rotatable bonds is 6. The number of benzene rings is 1. The van der Waals surface area contributed by atoms with Gasteiger partial charge >= 0.3 is 5.69 Å². The summed E-state index contributed by atoms with van der Waals surface area (Å²) in [4.78, 5) is 26.7. The average Bonchev–Trinajstić information content (AvgIpc) is 2.70. The third-order valence-corrected chi connectivity index (χ3v) is 6.92. The van der Waals surface area contributed by atoms with Crippen LogP contribution in [0, 0.1) is 11.3 Å². The van der Waals surface area contributed by atoms with Gasteiger partial charge in [-0.2, -0.15) is 5.26 Å². The van der Waals surface area contributed by atoms with E-state index >= 15 is 0 Å². The predicted octanol–water partition coefficient (Wildman–Crippen LogP) is 0.998. The molecule has 2 aromatic rings. The number of fused-ring (bicyclic) bond motifs is 1. The van der Waals surface area contributed by atoms with Gasteiger partial charge in [0.05, 0.1) is 16.5 Å². The minimum Gasteiger partial charge on any atom is -0.297 e. The van der Waals surface area contributed by atoms with Gasteiger partial charge in [0.1, 0.15) is 0 Å². The van der Waals surface area contributed by atoms with Crippen molar-refractivity contribution in [1.29, 1.82) is 5.26 Å². The Morgan fingerprint density at radius 2 is 1.86 bits per heavy atom. The smallest absolute Gasteiger partial charge is 0.297 e. The Morgan fingerprint density at radius 3 is 2.54 bits per heavy atom. The van der Waals surface area contributed by atoms with Gasteiger partial charge in [-0.15, -0.1) is 0 Å². The van der Waals surface area contributed by atoms with Crippen LogP contribution in [0.25, 0.3) is 0 Å². The van der Waals surface area contributed by atoms with Gasteiger partial charge in [0, 0.05) is 31.4 Å². The summed E-state index contributed by atoms with van der Waals surface area (Å²) in [7, 11) is -2.19. The number of hydrogen-bond acceptors (Lipinski definition) is 5. The van der Waals surface area contributed by atoms with E-state index < -0.39 is 15.7 Å². The van der Waals surface area contributed by atoms with Crippen molar-refractivity contribution in [2.75, 3.05) is 13.6 Å². The maximum absolute atomic E-state index is 12.6. The summed E-state index contributed by atoms with van der Waals surface area (Å²) >= 11 is 0. The van der Waals surface area contributed by atoms with Crippen molar-refractivity contribution in [2.24, 2.45) is 0 Å². The highest BCUT2D eigenvalue weighted by atomic mass is 32.2. The van der Waals surface area contributed by atoms with Crippen LogP contribution in [-0.2, 0) is 29.4 Å². The molecule has 1 heterocycles. The molecule has 0 spiro atoms. The lowest BCUT2D eigenvalue weighted by Crippen LogP contribution is -2.37. The van der Waals surface area contributed by atoms with Gasteiger partial charge in [-0.25, -0.2) is 17.5 Å². The van der Waals surface area contributed by atoms with Crippen LogP contribution in [-0.4, -0.2) is 35.9 Å². The molecule has 0 fully saturated rings. The predicted molar refractivity (Wildman–Crippen MR) is 104 cm³/mol. The number of sulfonamides is 1. The summed E-state index contributed by atoms with van der Waals surface area (Å²) in [5.74, 6) is 0. The Hall–Kier alpha value is -2.70. The van der Waals surface area contributed by atoms with Crippen LogP contribution in [0.5, 0.6) is 0 Å². The molecule has 9 heteroatoms. The van der Waals surface area contributed by atoms with Crippen molar-refractivity contribution in [2.45, 2.75) is 43.5 Å². The van der Waals surface area contributed by atoms with E-state index in [2.05, 4.69) is 4.98 Å². The average molecular weight is 402 g/mol. The van der Waals surface area contributed by atoms with E-state index in [1.165, 1.54) is 35.6 Å². The fraction of sp³-hybridized carbons (Fsp3) is 0.421. The summed E-state index contributed by atoms with van der Waals surface area (Å²) in [6, 6.07) is 7.71. The largest absolute Gasteiger partial charge is 0.328 e. The molecule has 148 valence electrons. The molecule has 28 heavy (non-hydrogen) atoms. The molecule has 0 unspecified atom stereocenters. The van der Waals surface area contributed by atoms with Crippen LogP contribution in [0.3, 0.4) is 0 Å². The summed E-state index contributed by atoms with van der Waals surface area (Å²) < 4.78 is 28.1. The Kier molecular flexibility index (Phi) is 5.82. The normalized spacial score (nSPS) is 13.9. The maximum atomic E-state index is 12.6. The molecule has 0 bridgehead atoms. The lowest BCUT2D eigenvalue weighted by molar-refractivity contribution is 0.435. The minimum absolute atomic E-state index is 0.118. The van der Waals surface area contributed by atoms with E-state index in [1.807, 2.05) is 6.07 Å². The van der Waals surface area contributed by atoms with E-state index in [9.17, 15) is 18.0 Å². The van der Waals surface area contributed by atoms with E-state index in [-0.39, 0.29) is 17.0 Å². The van der Waals surface area contributed by atoms with E-state index in [0.29, 0.717) is 36.9 Å². The zero-order valence-corrected chi connectivity index (χ0v) is 16.5. The van der Waals surface area contributed by atoms with Crippen LogP contribution in [0.1, 0.15) is 36.1 Å². The van der Waals surface area contributed by atoms with Crippen LogP contribution >= 0.6 is 0 Å². The molecule has 0 aliphatic heterocycles. The van der Waals surface area contributed by atoms with Crippen molar-refractivity contribution in [3.63, 3.8) is 0 Å². The summed E-state index contributed by atoms with van der Waals surface area (Å²) in [6.45, 7) is 0.563. The van der Waals surface area contributed by atoms with Crippen molar-refractivity contribution >= 4 is 10.0 Å². The van der Waals surface area contributed by atoms with E-state index in [1.54, 1.807) is 4.57 Å². The minimum atomic E-state index is -3.67. The third kappa shape index (κ3) is 3.93.